The van der Waals surface area contributed by atoms with Gasteiger partial charge in [-0.1, -0.05) is 77.7 Å². The van der Waals surface area contributed by atoms with E-state index in [1.165, 1.54) is 11.1 Å². The molecular formula is C42H30N4. The third-order valence-electron chi connectivity index (χ3n) is 8.60. The molecule has 46 heavy (non-hydrogen) atoms. The van der Waals surface area contributed by atoms with E-state index in [4.69, 9.17) is 16.4 Å². The average Bonchev–Trinajstić information content (AvgIpc) is 3.90. The van der Waals surface area contributed by atoms with Gasteiger partial charge in [0, 0.05) is 44.3 Å². The van der Waals surface area contributed by atoms with Crippen molar-refractivity contribution in [2.45, 2.75) is 13.8 Å². The van der Waals surface area contributed by atoms with E-state index < -0.39 is 0 Å². The molecule has 0 radical (unpaired) electrons. The molecule has 2 aliphatic rings. The van der Waals surface area contributed by atoms with Crippen LogP contribution < -0.4 is 0 Å². The van der Waals surface area contributed by atoms with E-state index in [-0.39, 0.29) is 0 Å². The quantitative estimate of drug-likeness (QED) is 0.201. The molecule has 0 unspecified atom stereocenters. The Hall–Kier alpha value is -6.18. The number of fused-ring (bicyclic) bond motifs is 8. The highest BCUT2D eigenvalue weighted by molar-refractivity contribution is 5.97. The summed E-state index contributed by atoms with van der Waals surface area (Å²) in [5.41, 5.74) is 17.0. The Balaban J connectivity index is 1.52. The summed E-state index contributed by atoms with van der Waals surface area (Å²) in [6.45, 7) is 4.21. The third kappa shape index (κ3) is 4.95. The van der Waals surface area contributed by atoms with Crippen molar-refractivity contribution in [1.82, 2.24) is 19.9 Å². The Labute approximate surface area is 267 Å². The van der Waals surface area contributed by atoms with E-state index >= 15 is 0 Å². The van der Waals surface area contributed by atoms with Gasteiger partial charge in [0.05, 0.1) is 22.8 Å². The Morgan fingerprint density at radius 1 is 0.500 bits per heavy atom. The zero-order valence-electron chi connectivity index (χ0n) is 25.6. The van der Waals surface area contributed by atoms with Gasteiger partial charge in [0.15, 0.2) is 0 Å². The Morgan fingerprint density at radius 2 is 0.957 bits per heavy atom. The smallest absolute Gasteiger partial charge is 0.0737 e. The van der Waals surface area contributed by atoms with Gasteiger partial charge in [-0.2, -0.15) is 0 Å². The monoisotopic (exact) mass is 590 g/mol. The Kier molecular flexibility index (Phi) is 6.59. The van der Waals surface area contributed by atoms with Crippen LogP contribution >= 0.6 is 0 Å². The number of rotatable bonds is 3. The van der Waals surface area contributed by atoms with E-state index in [1.54, 1.807) is 0 Å². The van der Waals surface area contributed by atoms with Crippen molar-refractivity contribution in [2.24, 2.45) is 0 Å². The lowest BCUT2D eigenvalue weighted by atomic mass is 10.0. The number of aromatic nitrogens is 4. The molecule has 3 aromatic heterocycles. The molecule has 0 saturated heterocycles. The van der Waals surface area contributed by atoms with Gasteiger partial charge in [0.2, 0.25) is 0 Å². The number of nitrogens with zero attached hydrogens (tertiary/aromatic N) is 2. The van der Waals surface area contributed by atoms with Gasteiger partial charge in [-0.25, -0.2) is 9.97 Å². The van der Waals surface area contributed by atoms with E-state index in [9.17, 15) is 0 Å². The minimum absolute atomic E-state index is 0.836. The lowest BCUT2D eigenvalue weighted by Gasteiger charge is -2.06. The first kappa shape index (κ1) is 27.4. The van der Waals surface area contributed by atoms with Crippen LogP contribution in [0.2, 0.25) is 0 Å². The number of terminal acetylenes is 1. The third-order valence-corrected chi connectivity index (χ3v) is 8.60. The van der Waals surface area contributed by atoms with E-state index in [2.05, 4.69) is 145 Å². The molecule has 218 valence electrons. The predicted octanol–water partition coefficient (Wildman–Crippen LogP) is 10.3. The second kappa shape index (κ2) is 11.1. The molecular weight excluding hydrogens is 560 g/mol. The minimum atomic E-state index is 0.836. The van der Waals surface area contributed by atoms with Gasteiger partial charge in [-0.3, -0.25) is 0 Å². The van der Waals surface area contributed by atoms with Crippen molar-refractivity contribution in [3.63, 3.8) is 0 Å². The molecule has 3 aromatic carbocycles. The summed E-state index contributed by atoms with van der Waals surface area (Å²) in [6, 6.07) is 35.9. The average molecular weight is 591 g/mol. The van der Waals surface area contributed by atoms with Gasteiger partial charge in [0.1, 0.15) is 0 Å². The van der Waals surface area contributed by atoms with Crippen LogP contribution in [-0.2, 0) is 0 Å². The highest BCUT2D eigenvalue weighted by atomic mass is 14.8. The first-order chi connectivity index (χ1) is 22.5. The molecule has 0 aliphatic carbocycles. The summed E-state index contributed by atoms with van der Waals surface area (Å²) in [4.78, 5) is 17.8. The van der Waals surface area contributed by atoms with Crippen molar-refractivity contribution in [1.29, 1.82) is 0 Å². The summed E-state index contributed by atoms with van der Waals surface area (Å²) >= 11 is 0. The Morgan fingerprint density at radius 3 is 1.50 bits per heavy atom. The molecule has 8 bridgehead atoms. The highest BCUT2D eigenvalue weighted by Crippen LogP contribution is 2.36. The standard InChI is InChI=1S/C42H30N4/c1-4-28-9-15-31(16-10-28)42-38-23-21-36(45-38)40(29-11-5-26(2)6-12-29)34-19-17-32(43-34)25-33-18-20-35(44-33)41(37-22-24-39(42)46-37)30-13-7-27(3)8-14-30/h1,5-25,43,46H,2-3H3. The summed E-state index contributed by atoms with van der Waals surface area (Å²) in [7, 11) is 0. The summed E-state index contributed by atoms with van der Waals surface area (Å²) in [5.74, 6) is 2.74. The van der Waals surface area contributed by atoms with E-state index in [1.807, 2.05) is 12.1 Å². The first-order valence-electron chi connectivity index (χ1n) is 15.4. The van der Waals surface area contributed by atoms with Crippen LogP contribution in [0.1, 0.15) is 39.5 Å². The minimum Gasteiger partial charge on any atom is -0.355 e. The number of nitrogens with one attached hydrogen (secondary N) is 2. The van der Waals surface area contributed by atoms with Gasteiger partial charge >= 0.3 is 0 Å². The maximum absolute atomic E-state index is 5.72. The number of H-pyrrole nitrogens is 2. The van der Waals surface area contributed by atoms with Crippen LogP contribution in [0.3, 0.4) is 0 Å². The van der Waals surface area contributed by atoms with E-state index in [0.29, 0.717) is 0 Å². The molecule has 0 saturated carbocycles. The largest absolute Gasteiger partial charge is 0.355 e. The molecule has 4 heteroatoms. The molecule has 4 nitrogen and oxygen atoms in total. The van der Waals surface area contributed by atoms with Crippen LogP contribution in [0, 0.1) is 26.2 Å². The van der Waals surface area contributed by atoms with Gasteiger partial charge in [-0.05, 0) is 97.3 Å². The van der Waals surface area contributed by atoms with Crippen molar-refractivity contribution < 1.29 is 0 Å². The number of hydrogen-bond acceptors (Lipinski definition) is 2. The van der Waals surface area contributed by atoms with Crippen LogP contribution in [0.15, 0.2) is 103 Å². The summed E-state index contributed by atoms with van der Waals surface area (Å²) in [6.07, 6.45) is 14.1. The maximum atomic E-state index is 5.72. The molecule has 6 aromatic rings. The first-order valence-corrected chi connectivity index (χ1v) is 15.4. The fraction of sp³-hybridized carbons (Fsp3) is 0.0476. The van der Waals surface area contributed by atoms with Crippen LogP contribution in [0.4, 0.5) is 0 Å². The van der Waals surface area contributed by atoms with E-state index in [0.717, 1.165) is 83.8 Å². The SMILES string of the molecule is C#Cc1ccc(-c2c3nc(c(-c4ccc(C)cc4)c4ccc(cc5nc(c(-c6ccc(C)cc6)c6ccc2[nH]6)C=C5)[nH]4)C=C3)cc1. The zero-order valence-corrected chi connectivity index (χ0v) is 25.6. The summed E-state index contributed by atoms with van der Waals surface area (Å²) in [5, 5.41) is 0. The van der Waals surface area contributed by atoms with Crippen LogP contribution in [-0.4, -0.2) is 19.9 Å². The highest BCUT2D eigenvalue weighted by Gasteiger charge is 2.17. The van der Waals surface area contributed by atoms with Gasteiger partial charge in [-0.15, -0.1) is 6.42 Å². The van der Waals surface area contributed by atoms with Gasteiger partial charge < -0.3 is 9.97 Å². The number of hydrogen-bond donors (Lipinski definition) is 2. The molecule has 8 rings (SSSR count). The normalized spacial score (nSPS) is 11.9. The van der Waals surface area contributed by atoms with Crippen LogP contribution in [0.25, 0.3) is 79.8 Å². The zero-order chi connectivity index (χ0) is 31.2. The molecule has 0 atom stereocenters. The molecule has 2 aliphatic heterocycles. The Bertz CT molecular complexity index is 2370. The second-order valence-electron chi connectivity index (χ2n) is 11.8. The number of aryl methyl sites for hydroxylation is 2. The molecule has 0 spiro atoms. The number of aromatic amines is 2. The van der Waals surface area contributed by atoms with Crippen LogP contribution in [0.5, 0.6) is 0 Å². The van der Waals surface area contributed by atoms with Crippen molar-refractivity contribution in [2.75, 3.05) is 0 Å². The molecule has 5 heterocycles. The van der Waals surface area contributed by atoms with Crippen molar-refractivity contribution in [3.8, 4) is 45.7 Å². The maximum Gasteiger partial charge on any atom is 0.0737 e. The fourth-order valence-electron chi connectivity index (χ4n) is 6.22. The number of benzene rings is 3. The molecule has 0 amide bonds. The van der Waals surface area contributed by atoms with Gasteiger partial charge in [0.25, 0.3) is 0 Å². The molecule has 0 fully saturated rings. The molecule has 2 N–H and O–H groups in total. The summed E-state index contributed by atoms with van der Waals surface area (Å²) < 4.78 is 0. The topological polar surface area (TPSA) is 57.4 Å². The predicted molar refractivity (Wildman–Crippen MR) is 193 cm³/mol. The fourth-order valence-corrected chi connectivity index (χ4v) is 6.22. The second-order valence-corrected chi connectivity index (χ2v) is 11.8. The lowest BCUT2D eigenvalue weighted by molar-refractivity contribution is 1.31. The van der Waals surface area contributed by atoms with Crippen molar-refractivity contribution >= 4 is 46.4 Å². The lowest BCUT2D eigenvalue weighted by Crippen LogP contribution is -1.89. The van der Waals surface area contributed by atoms with Crippen molar-refractivity contribution in [3.05, 3.63) is 143 Å².